The summed E-state index contributed by atoms with van der Waals surface area (Å²) in [4.78, 5) is 0. The molecule has 3 heteroatoms. The van der Waals surface area contributed by atoms with Crippen LogP contribution in [0, 0.1) is 34.0 Å². The van der Waals surface area contributed by atoms with Crippen LogP contribution in [0.25, 0.3) is 0 Å². The molecule has 0 spiro atoms. The number of hydrogen-bond acceptors (Lipinski definition) is 3. The van der Waals surface area contributed by atoms with E-state index in [4.69, 9.17) is 14.2 Å². The first-order valence-corrected chi connectivity index (χ1v) is 11.3. The Morgan fingerprint density at radius 3 is 1.85 bits per heavy atom. The summed E-state index contributed by atoms with van der Waals surface area (Å²) in [5.74, 6) is 2.10. The Labute approximate surface area is 167 Å². The molecule has 3 saturated heterocycles. The highest BCUT2D eigenvalue weighted by Gasteiger charge is 2.49. The van der Waals surface area contributed by atoms with Crippen molar-refractivity contribution in [2.75, 3.05) is 26.4 Å². The second kappa shape index (κ2) is 7.95. The van der Waals surface area contributed by atoms with Crippen molar-refractivity contribution in [1.29, 1.82) is 0 Å². The van der Waals surface area contributed by atoms with Crippen molar-refractivity contribution >= 4 is 0 Å². The minimum atomic E-state index is 0.302. The van der Waals surface area contributed by atoms with Crippen LogP contribution < -0.4 is 0 Å². The van der Waals surface area contributed by atoms with Crippen molar-refractivity contribution in [2.45, 2.75) is 92.8 Å². The first-order chi connectivity index (χ1) is 12.5. The molecule has 0 aromatic carbocycles. The van der Waals surface area contributed by atoms with E-state index in [9.17, 15) is 0 Å². The van der Waals surface area contributed by atoms with Gasteiger partial charge in [0, 0.05) is 19.1 Å². The Morgan fingerprint density at radius 2 is 1.33 bits per heavy atom. The summed E-state index contributed by atoms with van der Waals surface area (Å²) in [5, 5.41) is 0. The van der Waals surface area contributed by atoms with Crippen molar-refractivity contribution in [3.05, 3.63) is 0 Å². The molecule has 3 rings (SSSR count). The lowest BCUT2D eigenvalue weighted by molar-refractivity contribution is -0.200. The molecule has 0 radical (unpaired) electrons. The van der Waals surface area contributed by atoms with E-state index >= 15 is 0 Å². The smallest absolute Gasteiger partial charge is 0.0891 e. The van der Waals surface area contributed by atoms with Gasteiger partial charge in [-0.25, -0.2) is 0 Å². The van der Waals surface area contributed by atoms with E-state index in [-0.39, 0.29) is 0 Å². The molecule has 27 heavy (non-hydrogen) atoms. The third-order valence-corrected chi connectivity index (χ3v) is 8.22. The van der Waals surface area contributed by atoms with E-state index in [1.54, 1.807) is 0 Å². The van der Waals surface area contributed by atoms with Gasteiger partial charge in [0.15, 0.2) is 0 Å². The molecule has 3 aliphatic heterocycles. The van der Waals surface area contributed by atoms with Crippen molar-refractivity contribution < 1.29 is 14.2 Å². The van der Waals surface area contributed by atoms with Crippen LogP contribution in [-0.4, -0.2) is 38.6 Å². The van der Waals surface area contributed by atoms with E-state index < -0.39 is 0 Å². The Morgan fingerprint density at radius 1 is 0.741 bits per heavy atom. The summed E-state index contributed by atoms with van der Waals surface area (Å²) in [5.41, 5.74) is 1.06. The van der Waals surface area contributed by atoms with Crippen LogP contribution in [0.2, 0.25) is 0 Å². The van der Waals surface area contributed by atoms with E-state index in [1.165, 1.54) is 32.1 Å². The van der Waals surface area contributed by atoms with Gasteiger partial charge >= 0.3 is 0 Å². The molecule has 0 amide bonds. The average molecular weight is 381 g/mol. The molecule has 3 nitrogen and oxygen atoms in total. The van der Waals surface area contributed by atoms with Gasteiger partial charge in [-0.1, -0.05) is 48.5 Å². The van der Waals surface area contributed by atoms with Gasteiger partial charge in [-0.05, 0) is 60.2 Å². The number of ether oxygens (including phenoxy) is 3. The van der Waals surface area contributed by atoms with Crippen molar-refractivity contribution in [3.8, 4) is 0 Å². The SMILES string of the molecule is CC(C)(C)C1COC1C1CC(C(C)(C)CCC(C)(C)C2CCOCC2)CO1. The third kappa shape index (κ3) is 4.90. The molecule has 0 N–H and O–H groups in total. The van der Waals surface area contributed by atoms with Gasteiger partial charge < -0.3 is 14.2 Å². The van der Waals surface area contributed by atoms with E-state index in [0.717, 1.165) is 32.3 Å². The molecule has 3 aliphatic rings. The number of rotatable bonds is 6. The van der Waals surface area contributed by atoms with Gasteiger partial charge in [0.2, 0.25) is 0 Å². The molecule has 0 aromatic rings. The van der Waals surface area contributed by atoms with Crippen molar-refractivity contribution in [1.82, 2.24) is 0 Å². The van der Waals surface area contributed by atoms with Crippen LogP contribution in [0.5, 0.6) is 0 Å². The summed E-state index contributed by atoms with van der Waals surface area (Å²) in [7, 11) is 0. The van der Waals surface area contributed by atoms with Crippen LogP contribution in [0.3, 0.4) is 0 Å². The van der Waals surface area contributed by atoms with Crippen molar-refractivity contribution in [3.63, 3.8) is 0 Å². The largest absolute Gasteiger partial charge is 0.381 e. The Balaban J connectivity index is 1.52. The average Bonchev–Trinajstić information content (AvgIpc) is 3.02. The lowest BCUT2D eigenvalue weighted by Crippen LogP contribution is -2.53. The Hall–Kier alpha value is -0.120. The molecule has 0 aliphatic carbocycles. The molecule has 0 aromatic heterocycles. The Kier molecular flexibility index (Phi) is 6.36. The van der Waals surface area contributed by atoms with Crippen LogP contribution in [0.1, 0.15) is 80.6 Å². The summed E-state index contributed by atoms with van der Waals surface area (Å²) in [6.07, 6.45) is 6.83. The van der Waals surface area contributed by atoms with Gasteiger partial charge in [-0.2, -0.15) is 0 Å². The summed E-state index contributed by atoms with van der Waals surface area (Å²) >= 11 is 0. The fourth-order valence-corrected chi connectivity index (χ4v) is 5.37. The lowest BCUT2D eigenvalue weighted by Gasteiger charge is -2.47. The van der Waals surface area contributed by atoms with Gasteiger partial charge in [-0.3, -0.25) is 0 Å². The highest BCUT2D eigenvalue weighted by Crippen LogP contribution is 2.48. The van der Waals surface area contributed by atoms with Crippen LogP contribution in [-0.2, 0) is 14.2 Å². The van der Waals surface area contributed by atoms with Crippen LogP contribution in [0.4, 0.5) is 0 Å². The lowest BCUT2D eigenvalue weighted by atomic mass is 9.66. The molecular weight excluding hydrogens is 336 g/mol. The maximum atomic E-state index is 6.29. The second-order valence-electron chi connectivity index (χ2n) is 11.9. The maximum Gasteiger partial charge on any atom is 0.0891 e. The fourth-order valence-electron chi connectivity index (χ4n) is 5.37. The summed E-state index contributed by atoms with van der Waals surface area (Å²) in [6.45, 7) is 20.6. The van der Waals surface area contributed by atoms with Gasteiger partial charge in [-0.15, -0.1) is 0 Å². The fraction of sp³-hybridized carbons (Fsp3) is 1.00. The maximum absolute atomic E-state index is 6.29. The molecule has 0 saturated carbocycles. The highest BCUT2D eigenvalue weighted by molar-refractivity contribution is 4.97. The van der Waals surface area contributed by atoms with Crippen LogP contribution >= 0.6 is 0 Å². The standard InChI is InChI=1S/C24H44O3/c1-22(2,3)19-16-27-21(19)20-14-18(15-26-20)24(6,7)11-10-23(4,5)17-8-12-25-13-9-17/h17-21H,8-16H2,1-7H3. The monoisotopic (exact) mass is 380 g/mol. The topological polar surface area (TPSA) is 27.7 Å². The third-order valence-electron chi connectivity index (χ3n) is 8.22. The predicted octanol–water partition coefficient (Wildman–Crippen LogP) is 5.71. The normalized spacial score (nSPS) is 33.9. The zero-order valence-electron chi connectivity index (χ0n) is 19.0. The molecular formula is C24H44O3. The Bertz CT molecular complexity index is 484. The molecule has 0 bridgehead atoms. The second-order valence-corrected chi connectivity index (χ2v) is 11.9. The van der Waals surface area contributed by atoms with Gasteiger partial charge in [0.25, 0.3) is 0 Å². The minimum Gasteiger partial charge on any atom is -0.381 e. The van der Waals surface area contributed by atoms with Crippen LogP contribution in [0.15, 0.2) is 0 Å². The first kappa shape index (κ1) is 21.6. The summed E-state index contributed by atoms with van der Waals surface area (Å²) < 4.78 is 17.8. The molecule has 4 atom stereocenters. The quantitative estimate of drug-likeness (QED) is 0.590. The van der Waals surface area contributed by atoms with Gasteiger partial charge in [0.1, 0.15) is 0 Å². The first-order valence-electron chi connectivity index (χ1n) is 11.3. The zero-order chi connectivity index (χ0) is 19.9. The van der Waals surface area contributed by atoms with E-state index in [0.29, 0.717) is 40.3 Å². The number of hydrogen-bond donors (Lipinski definition) is 0. The highest BCUT2D eigenvalue weighted by atomic mass is 16.6. The summed E-state index contributed by atoms with van der Waals surface area (Å²) in [6, 6.07) is 0. The van der Waals surface area contributed by atoms with Crippen molar-refractivity contribution in [2.24, 2.45) is 34.0 Å². The van der Waals surface area contributed by atoms with Gasteiger partial charge in [0.05, 0.1) is 25.4 Å². The van der Waals surface area contributed by atoms with E-state index in [1.807, 2.05) is 0 Å². The molecule has 3 heterocycles. The van der Waals surface area contributed by atoms with E-state index in [2.05, 4.69) is 48.5 Å². The predicted molar refractivity (Wildman–Crippen MR) is 111 cm³/mol. The minimum absolute atomic E-state index is 0.302. The molecule has 3 fully saturated rings. The molecule has 4 unspecified atom stereocenters. The molecule has 158 valence electrons. The zero-order valence-corrected chi connectivity index (χ0v) is 19.0.